The van der Waals surface area contributed by atoms with Crippen LogP contribution in [0.5, 0.6) is 0 Å². The number of Topliss-reactive ketones (excluding diaryl/α,β-unsaturated/α-hetero) is 3. The Morgan fingerprint density at radius 2 is 1.27 bits per heavy atom. The largest absolute Gasteiger partial charge is 0.461 e. The Hall–Kier alpha value is -4.75. The number of nitrogens with one attached hydrogen (secondary N) is 2. The first kappa shape index (κ1) is 48.6. The molecule has 2 amide bonds. The lowest BCUT2D eigenvalue weighted by Gasteiger charge is -2.32. The summed E-state index contributed by atoms with van der Waals surface area (Å²) in [5.41, 5.74) is -0.0668. The standard InChI is InChI=1S/C46H65N3O10/c1-31(2)24-40(47-44(55)37(19-18-35-14-10-8-11-15-35)27-39(52)29-49-20-22-57-23-21-49)42(53)28-38(26-36-16-12-9-13-17-36)45(56)48-41(25-32(3)4)43(54)46(7,59-34(6)51)30-58-33(5)50/h8-17,31-32,37-38,40-41H,18-30H2,1-7H3,(H,47,55)(H,48,56)/t37-,38-,40+,41+,46-/m1/s1. The Morgan fingerprint density at radius 1 is 0.729 bits per heavy atom. The predicted molar refractivity (Wildman–Crippen MR) is 223 cm³/mol. The normalized spacial score (nSPS) is 16.2. The molecule has 2 aromatic carbocycles. The minimum Gasteiger partial charge on any atom is -0.461 e. The molecule has 13 heteroatoms. The van der Waals surface area contributed by atoms with Crippen molar-refractivity contribution >= 4 is 41.1 Å². The average Bonchev–Trinajstić information content (AvgIpc) is 3.18. The van der Waals surface area contributed by atoms with Crippen molar-refractivity contribution in [1.29, 1.82) is 0 Å². The van der Waals surface area contributed by atoms with Crippen LogP contribution in [0.25, 0.3) is 0 Å². The predicted octanol–water partition coefficient (Wildman–Crippen LogP) is 4.86. The third kappa shape index (κ3) is 17.6. The van der Waals surface area contributed by atoms with Crippen LogP contribution in [-0.2, 0) is 60.6 Å². The van der Waals surface area contributed by atoms with Gasteiger partial charge in [0.1, 0.15) is 12.4 Å². The summed E-state index contributed by atoms with van der Waals surface area (Å²) in [6, 6.07) is 16.8. The van der Waals surface area contributed by atoms with Crippen LogP contribution < -0.4 is 10.6 Å². The Morgan fingerprint density at radius 3 is 1.83 bits per heavy atom. The molecule has 59 heavy (non-hydrogen) atoms. The van der Waals surface area contributed by atoms with Gasteiger partial charge in [-0.25, -0.2) is 0 Å². The van der Waals surface area contributed by atoms with E-state index in [1.54, 1.807) is 0 Å². The first-order chi connectivity index (χ1) is 27.9. The number of hydrogen-bond acceptors (Lipinski definition) is 11. The number of hydrogen-bond donors (Lipinski definition) is 2. The van der Waals surface area contributed by atoms with Crippen molar-refractivity contribution in [3.05, 3.63) is 71.8 Å². The number of amides is 2. The maximum atomic E-state index is 14.4. The van der Waals surface area contributed by atoms with Crippen LogP contribution in [0, 0.1) is 23.7 Å². The second kappa shape index (κ2) is 24.4. The van der Waals surface area contributed by atoms with Gasteiger partial charge in [-0.15, -0.1) is 0 Å². The molecule has 13 nitrogen and oxygen atoms in total. The van der Waals surface area contributed by atoms with Gasteiger partial charge in [0.25, 0.3) is 0 Å². The van der Waals surface area contributed by atoms with Crippen LogP contribution in [0.3, 0.4) is 0 Å². The van der Waals surface area contributed by atoms with E-state index >= 15 is 0 Å². The molecule has 1 heterocycles. The van der Waals surface area contributed by atoms with Gasteiger partial charge in [0, 0.05) is 51.6 Å². The first-order valence-corrected chi connectivity index (χ1v) is 20.9. The second-order valence-electron chi connectivity index (χ2n) is 16.8. The fourth-order valence-electron chi connectivity index (χ4n) is 7.30. The lowest BCUT2D eigenvalue weighted by atomic mass is 9.86. The molecule has 0 aromatic heterocycles. The van der Waals surface area contributed by atoms with E-state index < -0.39 is 59.8 Å². The number of rotatable bonds is 25. The van der Waals surface area contributed by atoms with Crippen LogP contribution in [0.1, 0.15) is 91.7 Å². The van der Waals surface area contributed by atoms with Gasteiger partial charge >= 0.3 is 11.9 Å². The van der Waals surface area contributed by atoms with E-state index in [4.69, 9.17) is 14.2 Å². The molecule has 3 rings (SSSR count). The minimum absolute atomic E-state index is 0.000546. The van der Waals surface area contributed by atoms with Crippen LogP contribution >= 0.6 is 0 Å². The topological polar surface area (TPSA) is 174 Å². The van der Waals surface area contributed by atoms with Crippen molar-refractivity contribution in [2.24, 2.45) is 23.7 Å². The van der Waals surface area contributed by atoms with E-state index in [1.807, 2.05) is 93.3 Å². The van der Waals surface area contributed by atoms with Gasteiger partial charge in [0.15, 0.2) is 5.78 Å². The summed E-state index contributed by atoms with van der Waals surface area (Å²) in [6.45, 7) is 13.3. The lowest BCUT2D eigenvalue weighted by molar-refractivity contribution is -0.175. The molecule has 0 aliphatic carbocycles. The zero-order chi connectivity index (χ0) is 43.5. The van der Waals surface area contributed by atoms with E-state index in [1.165, 1.54) is 13.8 Å². The van der Waals surface area contributed by atoms with Gasteiger partial charge < -0.3 is 24.8 Å². The number of nitrogens with zero attached hydrogens (tertiary/aromatic N) is 1. The molecule has 1 saturated heterocycles. The van der Waals surface area contributed by atoms with Crippen LogP contribution in [0.2, 0.25) is 0 Å². The van der Waals surface area contributed by atoms with Crippen LogP contribution in [-0.4, -0.2) is 103 Å². The SMILES string of the molecule is CC(=O)OC[C@@](C)(OC(C)=O)C(=O)[C@H](CC(C)C)NC(=O)[C@@H](CC(=O)[C@H](CC(C)C)NC(=O)[C@H](CCc1ccccc1)CC(=O)CN1CCOCC1)Cc1ccccc1. The molecule has 0 saturated carbocycles. The Kier molecular flexibility index (Phi) is 20.1. The maximum absolute atomic E-state index is 14.4. The number of esters is 2. The molecule has 1 aliphatic rings. The van der Waals surface area contributed by atoms with E-state index in [9.17, 15) is 33.6 Å². The van der Waals surface area contributed by atoms with E-state index in [0.29, 0.717) is 45.6 Å². The fourth-order valence-corrected chi connectivity index (χ4v) is 7.30. The second-order valence-corrected chi connectivity index (χ2v) is 16.8. The smallest absolute Gasteiger partial charge is 0.303 e. The molecule has 2 aromatic rings. The third-order valence-corrected chi connectivity index (χ3v) is 10.3. The molecular weight excluding hydrogens is 755 g/mol. The number of ketones is 3. The van der Waals surface area contributed by atoms with Crippen molar-refractivity contribution in [2.45, 2.75) is 111 Å². The number of morpholine rings is 1. The van der Waals surface area contributed by atoms with Gasteiger partial charge in [-0.1, -0.05) is 88.4 Å². The first-order valence-electron chi connectivity index (χ1n) is 20.9. The summed E-state index contributed by atoms with van der Waals surface area (Å²) >= 11 is 0. The highest BCUT2D eigenvalue weighted by Gasteiger charge is 2.44. The molecule has 324 valence electrons. The number of carbonyl (C=O) groups is 7. The van der Waals surface area contributed by atoms with Gasteiger partial charge in [0.05, 0.1) is 31.8 Å². The Bertz CT molecular complexity index is 1690. The number of aryl methyl sites for hydroxylation is 1. The van der Waals surface area contributed by atoms with E-state index in [-0.39, 0.29) is 61.5 Å². The summed E-state index contributed by atoms with van der Waals surface area (Å²) in [4.78, 5) is 96.2. The third-order valence-electron chi connectivity index (χ3n) is 10.3. The lowest BCUT2D eigenvalue weighted by Crippen LogP contribution is -2.56. The van der Waals surface area contributed by atoms with Crippen molar-refractivity contribution in [2.75, 3.05) is 39.5 Å². The number of carbonyl (C=O) groups excluding carboxylic acids is 7. The molecule has 0 bridgehead atoms. The van der Waals surface area contributed by atoms with Crippen molar-refractivity contribution < 1.29 is 47.8 Å². The fraction of sp³-hybridized carbons (Fsp3) is 0.587. The summed E-state index contributed by atoms with van der Waals surface area (Å²) < 4.78 is 15.9. The zero-order valence-electron chi connectivity index (χ0n) is 36.0. The molecule has 0 spiro atoms. The number of benzene rings is 2. The monoisotopic (exact) mass is 819 g/mol. The van der Waals surface area contributed by atoms with Gasteiger partial charge in [-0.2, -0.15) is 0 Å². The van der Waals surface area contributed by atoms with Crippen molar-refractivity contribution in [3.8, 4) is 0 Å². The van der Waals surface area contributed by atoms with Crippen LogP contribution in [0.4, 0.5) is 0 Å². The maximum Gasteiger partial charge on any atom is 0.303 e. The highest BCUT2D eigenvalue weighted by Crippen LogP contribution is 2.23. The molecule has 0 radical (unpaired) electrons. The Labute approximate surface area is 349 Å². The zero-order valence-corrected chi connectivity index (χ0v) is 36.0. The summed E-state index contributed by atoms with van der Waals surface area (Å²) in [5, 5.41) is 5.86. The molecule has 2 N–H and O–H groups in total. The molecule has 1 aliphatic heterocycles. The van der Waals surface area contributed by atoms with E-state index in [2.05, 4.69) is 10.6 Å². The molecule has 1 fully saturated rings. The van der Waals surface area contributed by atoms with E-state index in [0.717, 1.165) is 18.1 Å². The highest BCUT2D eigenvalue weighted by atomic mass is 16.6. The van der Waals surface area contributed by atoms with Gasteiger partial charge in [-0.3, -0.25) is 38.5 Å². The highest BCUT2D eigenvalue weighted by molar-refractivity contribution is 5.98. The van der Waals surface area contributed by atoms with Crippen LogP contribution in [0.15, 0.2) is 60.7 Å². The molecular formula is C46H65N3O10. The van der Waals surface area contributed by atoms with Crippen molar-refractivity contribution in [1.82, 2.24) is 15.5 Å². The van der Waals surface area contributed by atoms with Crippen molar-refractivity contribution in [3.63, 3.8) is 0 Å². The Balaban J connectivity index is 1.89. The average molecular weight is 820 g/mol. The number of ether oxygens (including phenoxy) is 3. The van der Waals surface area contributed by atoms with Gasteiger partial charge in [0.2, 0.25) is 23.2 Å². The summed E-state index contributed by atoms with van der Waals surface area (Å²) in [7, 11) is 0. The minimum atomic E-state index is -1.89. The molecule has 5 atom stereocenters. The summed E-state index contributed by atoms with van der Waals surface area (Å²) in [5.74, 6) is -5.18. The quantitative estimate of drug-likeness (QED) is 0.131. The summed E-state index contributed by atoms with van der Waals surface area (Å²) in [6.07, 6.45) is 1.39. The molecule has 0 unspecified atom stereocenters. The van der Waals surface area contributed by atoms with Gasteiger partial charge in [-0.05, 0) is 62.0 Å².